The van der Waals surface area contributed by atoms with Crippen LogP contribution in [0.1, 0.15) is 45.1 Å². The van der Waals surface area contributed by atoms with Crippen molar-refractivity contribution in [1.82, 2.24) is 4.90 Å². The molecule has 3 rings (SSSR count). The van der Waals surface area contributed by atoms with Gasteiger partial charge in [0.05, 0.1) is 7.11 Å². The summed E-state index contributed by atoms with van der Waals surface area (Å²) in [5.41, 5.74) is 2.02. The highest BCUT2D eigenvalue weighted by Crippen LogP contribution is 2.30. The third kappa shape index (κ3) is 5.36. The van der Waals surface area contributed by atoms with Crippen LogP contribution < -0.4 is 4.74 Å². The van der Waals surface area contributed by atoms with E-state index in [0.717, 1.165) is 5.75 Å². The lowest BCUT2D eigenvalue weighted by Crippen LogP contribution is -2.37. The molecule has 0 aliphatic carbocycles. The van der Waals surface area contributed by atoms with Gasteiger partial charge in [-0.1, -0.05) is 38.1 Å². The van der Waals surface area contributed by atoms with Crippen LogP contribution in [0.15, 0.2) is 36.4 Å². The summed E-state index contributed by atoms with van der Waals surface area (Å²) < 4.78 is 5.34. The largest absolute Gasteiger partial charge is 0.497 e. The molecule has 1 saturated heterocycles. The van der Waals surface area contributed by atoms with Gasteiger partial charge in [-0.3, -0.25) is 0 Å². The van der Waals surface area contributed by atoms with Gasteiger partial charge in [-0.15, -0.1) is 12.4 Å². The number of piperidine rings is 1. The summed E-state index contributed by atoms with van der Waals surface area (Å²) in [5.74, 6) is 0.938. The van der Waals surface area contributed by atoms with E-state index in [9.17, 15) is 0 Å². The summed E-state index contributed by atoms with van der Waals surface area (Å²) in [7, 11) is 1.73. The Balaban J connectivity index is 0.00000225. The fourth-order valence-corrected chi connectivity index (χ4v) is 3.71. The highest BCUT2D eigenvalue weighted by molar-refractivity contribution is 5.87. The first-order valence-corrected chi connectivity index (χ1v) is 9.35. The van der Waals surface area contributed by atoms with E-state index >= 15 is 0 Å². The van der Waals surface area contributed by atoms with E-state index in [1.165, 1.54) is 68.1 Å². The van der Waals surface area contributed by atoms with Gasteiger partial charge in [0.1, 0.15) is 5.75 Å². The predicted octanol–water partition coefficient (Wildman–Crippen LogP) is 5.71. The zero-order chi connectivity index (χ0) is 17.0. The molecule has 0 unspecified atom stereocenters. The number of methoxy groups -OCH3 is 1. The van der Waals surface area contributed by atoms with Gasteiger partial charge in [-0.05, 0) is 85.6 Å². The van der Waals surface area contributed by atoms with Crippen LogP contribution in [-0.4, -0.2) is 31.6 Å². The molecule has 138 valence electrons. The molecular weight excluding hydrogens is 330 g/mol. The van der Waals surface area contributed by atoms with Gasteiger partial charge in [0.15, 0.2) is 0 Å². The van der Waals surface area contributed by atoms with Crippen molar-refractivity contribution in [2.75, 3.05) is 26.7 Å². The molecule has 1 fully saturated rings. The minimum absolute atomic E-state index is 0. The Hall–Kier alpha value is -1.25. The Kier molecular flexibility index (Phi) is 7.15. The van der Waals surface area contributed by atoms with Crippen molar-refractivity contribution in [1.29, 1.82) is 0 Å². The van der Waals surface area contributed by atoms with E-state index in [4.69, 9.17) is 4.74 Å². The first-order chi connectivity index (χ1) is 11.6. The minimum atomic E-state index is 0. The van der Waals surface area contributed by atoms with Gasteiger partial charge in [-0.25, -0.2) is 0 Å². The molecule has 1 aliphatic heterocycles. The maximum absolute atomic E-state index is 5.34. The molecule has 1 heterocycles. The lowest BCUT2D eigenvalue weighted by Gasteiger charge is -2.36. The molecule has 3 heteroatoms. The number of unbranched alkanes of at least 4 members (excludes halogenated alkanes) is 1. The van der Waals surface area contributed by atoms with E-state index in [1.807, 2.05) is 0 Å². The molecule has 0 atom stereocenters. The monoisotopic (exact) mass is 361 g/mol. The van der Waals surface area contributed by atoms with Gasteiger partial charge >= 0.3 is 0 Å². The van der Waals surface area contributed by atoms with Crippen molar-refractivity contribution in [2.45, 2.75) is 46.0 Å². The van der Waals surface area contributed by atoms with Gasteiger partial charge in [0, 0.05) is 0 Å². The van der Waals surface area contributed by atoms with Crippen LogP contribution in [-0.2, 0) is 6.42 Å². The molecular formula is C22H32ClNO. The van der Waals surface area contributed by atoms with Crippen molar-refractivity contribution >= 4 is 23.2 Å². The minimum Gasteiger partial charge on any atom is -0.497 e. The standard InChI is InChI=1S/C22H31NO.ClH/c1-22(2)12-15-23(16-13-22)14-5-4-7-18-8-6-9-19-17-20(24-3)10-11-21(18)19;/h6,8-11,17H,4-5,7,12-16H2,1-3H3;1H. The normalized spacial score (nSPS) is 17.2. The molecule has 25 heavy (non-hydrogen) atoms. The van der Waals surface area contributed by atoms with Gasteiger partial charge in [0.25, 0.3) is 0 Å². The fraction of sp³-hybridized carbons (Fsp3) is 0.545. The van der Waals surface area contributed by atoms with Gasteiger partial charge in [0.2, 0.25) is 0 Å². The second kappa shape index (κ2) is 8.91. The number of hydrogen-bond acceptors (Lipinski definition) is 2. The van der Waals surface area contributed by atoms with E-state index in [2.05, 4.69) is 55.1 Å². The Morgan fingerprint density at radius 1 is 1.04 bits per heavy atom. The molecule has 2 aromatic carbocycles. The molecule has 0 N–H and O–H groups in total. The van der Waals surface area contributed by atoms with Gasteiger partial charge < -0.3 is 9.64 Å². The molecule has 0 bridgehead atoms. The van der Waals surface area contributed by atoms with E-state index < -0.39 is 0 Å². The number of hydrogen-bond donors (Lipinski definition) is 0. The van der Waals surface area contributed by atoms with Crippen LogP contribution in [0.25, 0.3) is 10.8 Å². The average molecular weight is 362 g/mol. The molecule has 2 aromatic rings. The maximum Gasteiger partial charge on any atom is 0.119 e. The zero-order valence-electron chi connectivity index (χ0n) is 15.9. The number of benzene rings is 2. The Labute approximate surface area is 159 Å². The zero-order valence-corrected chi connectivity index (χ0v) is 16.7. The second-order valence-corrected chi connectivity index (χ2v) is 7.97. The summed E-state index contributed by atoms with van der Waals surface area (Å²) in [6, 6.07) is 13.0. The first-order valence-electron chi connectivity index (χ1n) is 9.35. The smallest absolute Gasteiger partial charge is 0.119 e. The van der Waals surface area contributed by atoms with E-state index in [1.54, 1.807) is 7.11 Å². The number of nitrogens with zero attached hydrogens (tertiary/aromatic N) is 1. The highest BCUT2D eigenvalue weighted by Gasteiger charge is 2.24. The Morgan fingerprint density at radius 3 is 2.52 bits per heavy atom. The lowest BCUT2D eigenvalue weighted by atomic mass is 9.82. The van der Waals surface area contributed by atoms with Crippen LogP contribution in [0.3, 0.4) is 0 Å². The highest BCUT2D eigenvalue weighted by atomic mass is 35.5. The quantitative estimate of drug-likeness (QED) is 0.610. The average Bonchev–Trinajstić information content (AvgIpc) is 2.59. The summed E-state index contributed by atoms with van der Waals surface area (Å²) in [6.45, 7) is 8.62. The summed E-state index contributed by atoms with van der Waals surface area (Å²) in [5, 5.41) is 2.66. The van der Waals surface area contributed by atoms with E-state index in [-0.39, 0.29) is 12.4 Å². The molecule has 0 spiro atoms. The van der Waals surface area contributed by atoms with Gasteiger partial charge in [-0.2, -0.15) is 0 Å². The molecule has 2 nitrogen and oxygen atoms in total. The number of halogens is 1. The van der Waals surface area contributed by atoms with Crippen molar-refractivity contribution in [3.8, 4) is 5.75 Å². The van der Waals surface area contributed by atoms with Crippen molar-refractivity contribution in [3.05, 3.63) is 42.0 Å². The number of fused-ring (bicyclic) bond motifs is 1. The number of likely N-dealkylation sites (tertiary alicyclic amines) is 1. The number of rotatable bonds is 6. The third-order valence-electron chi connectivity index (χ3n) is 5.56. The molecule has 0 radical (unpaired) electrons. The van der Waals surface area contributed by atoms with Crippen LogP contribution in [0.2, 0.25) is 0 Å². The predicted molar refractivity (Wildman–Crippen MR) is 110 cm³/mol. The Bertz CT molecular complexity index is 673. The van der Waals surface area contributed by atoms with Crippen molar-refractivity contribution in [2.24, 2.45) is 5.41 Å². The SMILES string of the molecule is COc1ccc2c(CCCCN3CCC(C)(C)CC3)cccc2c1.Cl. The summed E-state index contributed by atoms with van der Waals surface area (Å²) in [4.78, 5) is 2.65. The second-order valence-electron chi connectivity index (χ2n) is 7.97. The molecule has 0 saturated carbocycles. The molecule has 1 aliphatic rings. The van der Waals surface area contributed by atoms with E-state index in [0.29, 0.717) is 5.41 Å². The third-order valence-corrected chi connectivity index (χ3v) is 5.56. The molecule has 0 aromatic heterocycles. The number of ether oxygens (including phenoxy) is 1. The lowest BCUT2D eigenvalue weighted by molar-refractivity contribution is 0.131. The maximum atomic E-state index is 5.34. The molecule has 0 amide bonds. The Morgan fingerprint density at radius 2 is 1.80 bits per heavy atom. The van der Waals surface area contributed by atoms with Crippen LogP contribution in [0.4, 0.5) is 0 Å². The van der Waals surface area contributed by atoms with Crippen LogP contribution in [0.5, 0.6) is 5.75 Å². The summed E-state index contributed by atoms with van der Waals surface area (Å²) >= 11 is 0. The topological polar surface area (TPSA) is 12.5 Å². The fourth-order valence-electron chi connectivity index (χ4n) is 3.71. The first kappa shape index (κ1) is 20.1. The number of aryl methyl sites for hydroxylation is 1. The van der Waals surface area contributed by atoms with Crippen molar-refractivity contribution < 1.29 is 4.74 Å². The van der Waals surface area contributed by atoms with Crippen LogP contribution >= 0.6 is 12.4 Å². The summed E-state index contributed by atoms with van der Waals surface area (Å²) in [6.07, 6.45) is 6.43. The van der Waals surface area contributed by atoms with Crippen molar-refractivity contribution in [3.63, 3.8) is 0 Å². The van der Waals surface area contributed by atoms with Crippen LogP contribution in [0, 0.1) is 5.41 Å².